The Morgan fingerprint density at radius 2 is 1.72 bits per heavy atom. The highest BCUT2D eigenvalue weighted by Crippen LogP contribution is 2.20. The van der Waals surface area contributed by atoms with Crippen molar-refractivity contribution in [2.45, 2.75) is 19.0 Å². The van der Waals surface area contributed by atoms with Gasteiger partial charge in [-0.05, 0) is 23.1 Å². The summed E-state index contributed by atoms with van der Waals surface area (Å²) in [7, 11) is 0. The van der Waals surface area contributed by atoms with E-state index in [9.17, 15) is 14.7 Å². The molecule has 5 nitrogen and oxygen atoms in total. The Bertz CT molecular complexity index is 772. The molecule has 25 heavy (non-hydrogen) atoms. The Hall–Kier alpha value is -3.08. The van der Waals surface area contributed by atoms with E-state index in [1.807, 2.05) is 66.7 Å². The Balaban J connectivity index is 1.82. The van der Waals surface area contributed by atoms with Crippen LogP contribution in [0.15, 0.2) is 66.7 Å². The summed E-state index contributed by atoms with van der Waals surface area (Å²) in [6.45, 7) is 0.584. The molecule has 0 saturated carbocycles. The van der Waals surface area contributed by atoms with Gasteiger partial charge in [-0.1, -0.05) is 66.7 Å². The van der Waals surface area contributed by atoms with Crippen molar-refractivity contribution in [1.29, 1.82) is 0 Å². The van der Waals surface area contributed by atoms with Crippen molar-refractivity contribution < 1.29 is 14.7 Å². The van der Waals surface area contributed by atoms with Crippen LogP contribution in [0.25, 0.3) is 5.57 Å². The molecule has 1 aliphatic rings. The normalized spacial score (nSPS) is 17.2. The van der Waals surface area contributed by atoms with Crippen LogP contribution < -0.4 is 5.32 Å². The van der Waals surface area contributed by atoms with Gasteiger partial charge >= 0.3 is 6.09 Å². The van der Waals surface area contributed by atoms with Crippen LogP contribution in [0.4, 0.5) is 4.79 Å². The number of hydrogen-bond acceptors (Lipinski definition) is 2. The number of amides is 2. The molecule has 2 aromatic carbocycles. The Labute approximate surface area is 146 Å². The molecule has 128 valence electrons. The van der Waals surface area contributed by atoms with Gasteiger partial charge in [0.2, 0.25) is 5.91 Å². The lowest BCUT2D eigenvalue weighted by molar-refractivity contribution is -0.125. The van der Waals surface area contributed by atoms with Gasteiger partial charge in [-0.25, -0.2) is 4.79 Å². The third-order valence-electron chi connectivity index (χ3n) is 4.31. The van der Waals surface area contributed by atoms with E-state index in [4.69, 9.17) is 0 Å². The molecule has 2 amide bonds. The van der Waals surface area contributed by atoms with E-state index in [0.717, 1.165) is 16.7 Å². The van der Waals surface area contributed by atoms with Gasteiger partial charge in [0.1, 0.15) is 6.04 Å². The van der Waals surface area contributed by atoms with Crippen molar-refractivity contribution in [3.8, 4) is 0 Å². The summed E-state index contributed by atoms with van der Waals surface area (Å²) in [6.07, 6.45) is 1.22. The van der Waals surface area contributed by atoms with Gasteiger partial charge < -0.3 is 10.4 Å². The Morgan fingerprint density at radius 1 is 1.08 bits per heavy atom. The number of carboxylic acid groups (broad SMARTS) is 1. The number of benzene rings is 2. The second kappa shape index (κ2) is 7.66. The molecule has 0 saturated heterocycles. The van der Waals surface area contributed by atoms with Crippen LogP contribution in [0.2, 0.25) is 0 Å². The number of nitrogens with one attached hydrogen (secondary N) is 1. The minimum Gasteiger partial charge on any atom is -0.465 e. The third-order valence-corrected chi connectivity index (χ3v) is 4.31. The average Bonchev–Trinajstić information content (AvgIpc) is 2.83. The van der Waals surface area contributed by atoms with E-state index in [1.165, 1.54) is 4.90 Å². The van der Waals surface area contributed by atoms with Gasteiger partial charge in [0.25, 0.3) is 0 Å². The summed E-state index contributed by atoms with van der Waals surface area (Å²) >= 11 is 0. The lowest BCUT2D eigenvalue weighted by Crippen LogP contribution is -2.48. The topological polar surface area (TPSA) is 69.6 Å². The van der Waals surface area contributed by atoms with Gasteiger partial charge in [0.05, 0.1) is 0 Å². The van der Waals surface area contributed by atoms with Crippen LogP contribution in [0.3, 0.4) is 0 Å². The van der Waals surface area contributed by atoms with Crippen molar-refractivity contribution in [3.05, 3.63) is 77.9 Å². The van der Waals surface area contributed by atoms with E-state index in [0.29, 0.717) is 13.0 Å². The largest absolute Gasteiger partial charge is 0.465 e. The fourth-order valence-electron chi connectivity index (χ4n) is 2.97. The van der Waals surface area contributed by atoms with Crippen LogP contribution >= 0.6 is 0 Å². The molecule has 1 atom stereocenters. The van der Waals surface area contributed by atoms with E-state index < -0.39 is 12.1 Å². The highest BCUT2D eigenvalue weighted by molar-refractivity contribution is 5.88. The van der Waals surface area contributed by atoms with Gasteiger partial charge in [-0.3, -0.25) is 9.69 Å². The molecule has 0 spiro atoms. The van der Waals surface area contributed by atoms with Gasteiger partial charge in [-0.2, -0.15) is 0 Å². The van der Waals surface area contributed by atoms with E-state index in [2.05, 4.69) is 5.32 Å². The molecule has 0 radical (unpaired) electrons. The summed E-state index contributed by atoms with van der Waals surface area (Å²) in [5.74, 6) is -0.263. The average molecular weight is 336 g/mol. The molecule has 2 N–H and O–H groups in total. The maximum Gasteiger partial charge on any atom is 0.408 e. The first kappa shape index (κ1) is 16.8. The fraction of sp³-hybridized carbons (Fsp3) is 0.200. The number of rotatable bonds is 4. The lowest BCUT2D eigenvalue weighted by atomic mass is 10.0. The quantitative estimate of drug-likeness (QED) is 0.901. The zero-order valence-electron chi connectivity index (χ0n) is 13.8. The standard InChI is InChI=1S/C20H20N2O3/c23-19-18(22(20(24)25)14-15-7-3-1-4-8-15)12-11-17(13-21-19)16-9-5-2-6-10-16/h1-11,18H,12-14H2,(H,21,23)(H,24,25)/t18-/m1/s1. The first-order chi connectivity index (χ1) is 12.1. The van der Waals surface area contributed by atoms with Crippen LogP contribution in [-0.2, 0) is 11.3 Å². The number of carbonyl (C=O) groups excluding carboxylic acids is 1. The van der Waals surface area contributed by atoms with Crippen molar-refractivity contribution in [3.63, 3.8) is 0 Å². The SMILES string of the molecule is O=C1NCC(c2ccccc2)=CC[C@H]1N(Cc1ccccc1)C(=O)O. The van der Waals surface area contributed by atoms with Gasteiger partial charge in [0.15, 0.2) is 0 Å². The maximum atomic E-state index is 12.5. The molecule has 0 fully saturated rings. The summed E-state index contributed by atoms with van der Waals surface area (Å²) in [4.78, 5) is 25.4. The summed E-state index contributed by atoms with van der Waals surface area (Å²) < 4.78 is 0. The highest BCUT2D eigenvalue weighted by Gasteiger charge is 2.30. The first-order valence-electron chi connectivity index (χ1n) is 8.21. The first-order valence-corrected chi connectivity index (χ1v) is 8.21. The molecular weight excluding hydrogens is 316 g/mol. The van der Waals surface area contributed by atoms with Crippen LogP contribution in [0, 0.1) is 0 Å². The van der Waals surface area contributed by atoms with Crippen molar-refractivity contribution in [2.75, 3.05) is 6.54 Å². The Morgan fingerprint density at radius 3 is 2.36 bits per heavy atom. The highest BCUT2D eigenvalue weighted by atomic mass is 16.4. The van der Waals surface area contributed by atoms with Crippen molar-refractivity contribution in [2.24, 2.45) is 0 Å². The molecule has 5 heteroatoms. The van der Waals surface area contributed by atoms with Gasteiger partial charge in [-0.15, -0.1) is 0 Å². The molecular formula is C20H20N2O3. The molecule has 0 aromatic heterocycles. The number of carbonyl (C=O) groups is 2. The molecule has 3 rings (SSSR count). The second-order valence-electron chi connectivity index (χ2n) is 5.96. The number of nitrogens with zero attached hydrogens (tertiary/aromatic N) is 1. The van der Waals surface area contributed by atoms with Crippen LogP contribution in [-0.4, -0.2) is 34.6 Å². The van der Waals surface area contributed by atoms with E-state index in [-0.39, 0.29) is 12.5 Å². The monoisotopic (exact) mass is 336 g/mol. The molecule has 0 bridgehead atoms. The fourth-order valence-corrected chi connectivity index (χ4v) is 2.97. The van der Waals surface area contributed by atoms with Gasteiger partial charge in [0, 0.05) is 13.1 Å². The third kappa shape index (κ3) is 4.07. The summed E-state index contributed by atoms with van der Waals surface area (Å²) in [5, 5.41) is 12.5. The van der Waals surface area contributed by atoms with E-state index in [1.54, 1.807) is 0 Å². The Kier molecular flexibility index (Phi) is 5.14. The molecule has 1 aliphatic heterocycles. The predicted molar refractivity (Wildman–Crippen MR) is 95.8 cm³/mol. The smallest absolute Gasteiger partial charge is 0.408 e. The molecule has 1 heterocycles. The molecule has 0 aliphatic carbocycles. The zero-order chi connectivity index (χ0) is 17.6. The second-order valence-corrected chi connectivity index (χ2v) is 5.96. The maximum absolute atomic E-state index is 12.5. The van der Waals surface area contributed by atoms with Crippen LogP contribution in [0.1, 0.15) is 17.5 Å². The lowest BCUT2D eigenvalue weighted by Gasteiger charge is -2.27. The zero-order valence-corrected chi connectivity index (χ0v) is 13.8. The van der Waals surface area contributed by atoms with Crippen molar-refractivity contribution >= 4 is 17.6 Å². The van der Waals surface area contributed by atoms with Crippen molar-refractivity contribution in [1.82, 2.24) is 10.2 Å². The summed E-state index contributed by atoms with van der Waals surface area (Å²) in [5.41, 5.74) is 2.89. The number of hydrogen-bond donors (Lipinski definition) is 2. The minimum absolute atomic E-state index is 0.183. The van der Waals surface area contributed by atoms with Crippen LogP contribution in [0.5, 0.6) is 0 Å². The molecule has 2 aromatic rings. The minimum atomic E-state index is -1.10. The summed E-state index contributed by atoms with van der Waals surface area (Å²) in [6, 6.07) is 18.4. The van der Waals surface area contributed by atoms with E-state index >= 15 is 0 Å². The predicted octanol–water partition coefficient (Wildman–Crippen LogP) is 3.14. The molecule has 0 unspecified atom stereocenters.